The van der Waals surface area contributed by atoms with Crippen molar-refractivity contribution in [3.8, 4) is 5.75 Å². The molecule has 1 aliphatic rings. The molecule has 0 N–H and O–H groups in total. The second-order valence-electron chi connectivity index (χ2n) is 4.14. The lowest BCUT2D eigenvalue weighted by atomic mass is 10.1. The monoisotopic (exact) mass is 338 g/mol. The van der Waals surface area contributed by atoms with Crippen LogP contribution in [0.4, 0.5) is 5.69 Å². The predicted molar refractivity (Wildman–Crippen MR) is 90.4 cm³/mol. The first-order chi connectivity index (χ1) is 10.5. The van der Waals surface area contributed by atoms with Gasteiger partial charge in [-0.05, 0) is 36.6 Å². The molecule has 1 aromatic carbocycles. The smallest absolute Gasteiger partial charge is 0.270 e. The van der Waals surface area contributed by atoms with Crippen molar-refractivity contribution in [2.45, 2.75) is 13.8 Å². The summed E-state index contributed by atoms with van der Waals surface area (Å²) in [5.41, 5.74) is 0.703. The number of nitro benzene ring substituents is 1. The van der Waals surface area contributed by atoms with Crippen molar-refractivity contribution >= 4 is 44.8 Å². The van der Waals surface area contributed by atoms with E-state index in [0.29, 0.717) is 22.3 Å². The first-order valence-corrected chi connectivity index (χ1v) is 8.42. The number of hydrogen-bond donors (Lipinski definition) is 0. The Kier molecular flexibility index (Phi) is 5.62. The summed E-state index contributed by atoms with van der Waals surface area (Å²) in [7, 11) is 0. The maximum atomic E-state index is 11.9. The Balaban J connectivity index is 2.41. The first kappa shape index (κ1) is 16.6. The zero-order valence-electron chi connectivity index (χ0n) is 12.1. The largest absolute Gasteiger partial charge is 0.493 e. The Morgan fingerprint density at radius 1 is 1.45 bits per heavy atom. The summed E-state index contributed by atoms with van der Waals surface area (Å²) in [6.07, 6.45) is 1.54. The van der Waals surface area contributed by atoms with Crippen LogP contribution in [0.2, 0.25) is 0 Å². The van der Waals surface area contributed by atoms with Crippen LogP contribution in [0.3, 0.4) is 0 Å². The van der Waals surface area contributed by atoms with Crippen LogP contribution in [0.25, 0.3) is 6.08 Å². The number of nitrogens with zero attached hydrogens (tertiary/aromatic N) is 2. The molecular weight excluding hydrogens is 324 g/mol. The zero-order chi connectivity index (χ0) is 16.1. The lowest BCUT2D eigenvalue weighted by Gasteiger charge is -2.07. The Hall–Kier alpha value is -1.80. The molecule has 0 radical (unpaired) electrons. The molecule has 0 aromatic heterocycles. The minimum absolute atomic E-state index is 0.0551. The van der Waals surface area contributed by atoms with E-state index in [9.17, 15) is 14.9 Å². The molecule has 1 aromatic rings. The van der Waals surface area contributed by atoms with E-state index >= 15 is 0 Å². The average molecular weight is 338 g/mol. The summed E-state index contributed by atoms with van der Waals surface area (Å²) >= 11 is 2.57. The van der Waals surface area contributed by atoms with Crippen molar-refractivity contribution in [2.24, 2.45) is 4.99 Å². The van der Waals surface area contributed by atoms with E-state index in [1.807, 2.05) is 13.8 Å². The molecule has 1 aliphatic heterocycles. The van der Waals surface area contributed by atoms with Crippen LogP contribution in [-0.2, 0) is 4.79 Å². The highest BCUT2D eigenvalue weighted by Gasteiger charge is 2.23. The van der Waals surface area contributed by atoms with Gasteiger partial charge in [-0.15, -0.1) is 0 Å². The third-order valence-corrected chi connectivity index (χ3v) is 4.56. The first-order valence-electron chi connectivity index (χ1n) is 6.61. The number of ether oxygens (including phenoxy) is 1. The van der Waals surface area contributed by atoms with Gasteiger partial charge in [-0.3, -0.25) is 14.9 Å². The molecule has 116 valence electrons. The highest BCUT2D eigenvalue weighted by Crippen LogP contribution is 2.33. The van der Waals surface area contributed by atoms with Crippen LogP contribution in [0, 0.1) is 10.1 Å². The summed E-state index contributed by atoms with van der Waals surface area (Å²) in [6, 6.07) is 4.29. The second kappa shape index (κ2) is 7.46. The lowest BCUT2D eigenvalue weighted by Crippen LogP contribution is -1.97. The fourth-order valence-electron chi connectivity index (χ4n) is 1.77. The van der Waals surface area contributed by atoms with Crippen LogP contribution in [0.1, 0.15) is 19.4 Å². The van der Waals surface area contributed by atoms with Gasteiger partial charge in [-0.25, -0.2) is 4.99 Å². The Morgan fingerprint density at radius 2 is 2.23 bits per heavy atom. The zero-order valence-corrected chi connectivity index (χ0v) is 13.7. The van der Waals surface area contributed by atoms with Gasteiger partial charge in [0.05, 0.1) is 11.5 Å². The van der Waals surface area contributed by atoms with Crippen molar-refractivity contribution in [3.05, 3.63) is 39.6 Å². The molecule has 0 bridgehead atoms. The topological polar surface area (TPSA) is 81.8 Å². The Morgan fingerprint density at radius 3 is 2.86 bits per heavy atom. The van der Waals surface area contributed by atoms with Gasteiger partial charge in [0, 0.05) is 17.7 Å². The van der Waals surface area contributed by atoms with Gasteiger partial charge in [-0.1, -0.05) is 18.7 Å². The van der Waals surface area contributed by atoms with Crippen LogP contribution < -0.4 is 4.74 Å². The fraction of sp³-hybridized carbons (Fsp3) is 0.286. The van der Waals surface area contributed by atoms with Crippen LogP contribution in [0.5, 0.6) is 5.75 Å². The van der Waals surface area contributed by atoms with Crippen molar-refractivity contribution in [1.29, 1.82) is 0 Å². The van der Waals surface area contributed by atoms with E-state index in [0.717, 1.165) is 17.5 Å². The number of nitro groups is 1. The molecule has 8 heteroatoms. The Bertz CT molecular complexity index is 671. The number of rotatable bonds is 5. The second-order valence-corrected chi connectivity index (χ2v) is 6.61. The van der Waals surface area contributed by atoms with E-state index < -0.39 is 4.92 Å². The summed E-state index contributed by atoms with van der Waals surface area (Å²) < 4.78 is 6.15. The van der Waals surface area contributed by atoms with E-state index in [1.165, 1.54) is 36.0 Å². The summed E-state index contributed by atoms with van der Waals surface area (Å²) in [5, 5.41) is 10.7. The van der Waals surface area contributed by atoms with Crippen LogP contribution in [0.15, 0.2) is 28.9 Å². The third kappa shape index (κ3) is 3.89. The van der Waals surface area contributed by atoms with Gasteiger partial charge < -0.3 is 4.74 Å². The Labute approximate surface area is 136 Å². The number of benzene rings is 1. The highest BCUT2D eigenvalue weighted by atomic mass is 32.2. The average Bonchev–Trinajstić information content (AvgIpc) is 2.81. The van der Waals surface area contributed by atoms with Gasteiger partial charge >= 0.3 is 0 Å². The molecule has 0 fully saturated rings. The van der Waals surface area contributed by atoms with Gasteiger partial charge in [0.1, 0.15) is 15.8 Å². The standard InChI is InChI=1S/C14H14N2O4S2/c1-3-20-12-6-5-10(16(18)19)7-9(12)8-11-13(17)22-14(15-11)21-4-2/h5-8H,3-4H2,1-2H3/b11-8-. The van der Waals surface area contributed by atoms with Crippen LogP contribution >= 0.6 is 23.5 Å². The van der Waals surface area contributed by atoms with E-state index in [1.54, 1.807) is 0 Å². The molecule has 1 heterocycles. The minimum Gasteiger partial charge on any atom is -0.493 e. The number of non-ortho nitro benzene ring substituents is 1. The molecule has 0 atom stereocenters. The van der Waals surface area contributed by atoms with Crippen molar-refractivity contribution in [3.63, 3.8) is 0 Å². The normalized spacial score (nSPS) is 16.0. The van der Waals surface area contributed by atoms with E-state index in [4.69, 9.17) is 4.74 Å². The number of hydrogen-bond acceptors (Lipinski definition) is 7. The molecule has 6 nitrogen and oxygen atoms in total. The number of carbonyl (C=O) groups excluding carboxylic acids is 1. The number of aliphatic imine (C=N–C) groups is 1. The number of thioether (sulfide) groups is 2. The molecule has 0 saturated carbocycles. The van der Waals surface area contributed by atoms with Crippen LogP contribution in [-0.4, -0.2) is 26.8 Å². The van der Waals surface area contributed by atoms with E-state index in [2.05, 4.69) is 4.99 Å². The number of carbonyl (C=O) groups is 1. The van der Waals surface area contributed by atoms with Gasteiger partial charge in [0.2, 0.25) is 5.12 Å². The van der Waals surface area contributed by atoms with E-state index in [-0.39, 0.29) is 16.5 Å². The molecule has 22 heavy (non-hydrogen) atoms. The quantitative estimate of drug-likeness (QED) is 0.462. The molecular formula is C14H14N2O4S2. The summed E-state index contributed by atoms with van der Waals surface area (Å²) in [5.74, 6) is 1.32. The van der Waals surface area contributed by atoms with Crippen molar-refractivity contribution in [1.82, 2.24) is 0 Å². The van der Waals surface area contributed by atoms with Crippen molar-refractivity contribution in [2.75, 3.05) is 12.4 Å². The predicted octanol–water partition coefficient (Wildman–Crippen LogP) is 3.72. The molecule has 0 unspecified atom stereocenters. The maximum Gasteiger partial charge on any atom is 0.270 e. The highest BCUT2D eigenvalue weighted by molar-refractivity contribution is 8.45. The third-order valence-electron chi connectivity index (χ3n) is 2.66. The summed E-state index contributed by atoms with van der Waals surface area (Å²) in [6.45, 7) is 4.23. The SMILES string of the molecule is CCOc1ccc([N+](=O)[O-])cc1/C=C1\N=C(SCC)SC1=O. The molecule has 2 rings (SSSR count). The lowest BCUT2D eigenvalue weighted by molar-refractivity contribution is -0.384. The molecule has 0 amide bonds. The maximum absolute atomic E-state index is 11.9. The fourth-order valence-corrected chi connectivity index (χ4v) is 3.51. The van der Waals surface area contributed by atoms with Gasteiger partial charge in [0.25, 0.3) is 5.69 Å². The molecule has 0 spiro atoms. The summed E-state index contributed by atoms with van der Waals surface area (Å²) in [4.78, 5) is 26.6. The van der Waals surface area contributed by atoms with Gasteiger partial charge in [-0.2, -0.15) is 0 Å². The van der Waals surface area contributed by atoms with Crippen molar-refractivity contribution < 1.29 is 14.5 Å². The van der Waals surface area contributed by atoms with Gasteiger partial charge in [0.15, 0.2) is 0 Å². The molecule has 0 saturated heterocycles. The minimum atomic E-state index is -0.482. The molecule has 0 aliphatic carbocycles.